The Morgan fingerprint density at radius 1 is 1.40 bits per heavy atom. The lowest BCUT2D eigenvalue weighted by Gasteiger charge is -2.34. The van der Waals surface area contributed by atoms with Gasteiger partial charge >= 0.3 is 0 Å². The average molecular weight is 270 g/mol. The van der Waals surface area contributed by atoms with Crippen LogP contribution in [0.4, 0.5) is 0 Å². The van der Waals surface area contributed by atoms with Crippen molar-refractivity contribution in [2.45, 2.75) is 46.2 Å². The zero-order chi connectivity index (χ0) is 14.3. The third-order valence-corrected chi connectivity index (χ3v) is 4.10. The second-order valence-electron chi connectivity index (χ2n) is 6.59. The summed E-state index contributed by atoms with van der Waals surface area (Å²) in [4.78, 5) is 8.64. The fraction of sp³-hybridized carbons (Fsp3) is 0.500. The smallest absolute Gasteiger partial charge is 0.125 e. The van der Waals surface area contributed by atoms with E-state index >= 15 is 0 Å². The molecule has 1 atom stereocenters. The maximum absolute atomic E-state index is 6.31. The SMILES string of the molecule is Cc1nccc(Cn2ccc3c2CC(C)(C)CC3N)n1. The van der Waals surface area contributed by atoms with Gasteiger partial charge in [-0.3, -0.25) is 0 Å². The molecule has 2 aromatic rings. The van der Waals surface area contributed by atoms with Crippen molar-refractivity contribution in [3.8, 4) is 0 Å². The van der Waals surface area contributed by atoms with Crippen molar-refractivity contribution in [1.29, 1.82) is 0 Å². The molecule has 4 heteroatoms. The number of rotatable bonds is 2. The molecule has 0 radical (unpaired) electrons. The molecule has 106 valence electrons. The number of aromatic nitrogens is 3. The summed E-state index contributed by atoms with van der Waals surface area (Å²) in [5, 5.41) is 0. The number of nitrogens with zero attached hydrogens (tertiary/aromatic N) is 3. The first-order valence-electron chi connectivity index (χ1n) is 7.17. The molecule has 0 amide bonds. The van der Waals surface area contributed by atoms with Gasteiger partial charge in [0, 0.05) is 24.1 Å². The van der Waals surface area contributed by atoms with Crippen LogP contribution in [0.2, 0.25) is 0 Å². The highest BCUT2D eigenvalue weighted by molar-refractivity contribution is 5.30. The largest absolute Gasteiger partial charge is 0.345 e. The van der Waals surface area contributed by atoms with Gasteiger partial charge in [0.25, 0.3) is 0 Å². The molecule has 2 heterocycles. The van der Waals surface area contributed by atoms with E-state index in [0.29, 0.717) is 0 Å². The number of hydrogen-bond donors (Lipinski definition) is 1. The minimum absolute atomic E-state index is 0.155. The van der Waals surface area contributed by atoms with Gasteiger partial charge in [-0.05, 0) is 42.9 Å². The third-order valence-electron chi connectivity index (χ3n) is 4.10. The zero-order valence-corrected chi connectivity index (χ0v) is 12.4. The molecule has 0 bridgehead atoms. The molecule has 0 fully saturated rings. The summed E-state index contributed by atoms with van der Waals surface area (Å²) >= 11 is 0. The van der Waals surface area contributed by atoms with Crippen LogP contribution in [0.1, 0.15) is 49.1 Å². The number of nitrogens with two attached hydrogens (primary N) is 1. The Morgan fingerprint density at radius 2 is 2.20 bits per heavy atom. The van der Waals surface area contributed by atoms with Gasteiger partial charge in [0.05, 0.1) is 12.2 Å². The van der Waals surface area contributed by atoms with Crippen molar-refractivity contribution >= 4 is 0 Å². The fourth-order valence-corrected chi connectivity index (χ4v) is 3.21. The Morgan fingerprint density at radius 3 is 2.95 bits per heavy atom. The molecule has 4 nitrogen and oxygen atoms in total. The van der Waals surface area contributed by atoms with E-state index in [1.807, 2.05) is 19.2 Å². The van der Waals surface area contributed by atoms with Crippen molar-refractivity contribution in [2.75, 3.05) is 0 Å². The summed E-state index contributed by atoms with van der Waals surface area (Å²) in [6.45, 7) is 7.30. The van der Waals surface area contributed by atoms with Crippen molar-refractivity contribution in [3.63, 3.8) is 0 Å². The van der Waals surface area contributed by atoms with Crippen LogP contribution < -0.4 is 5.73 Å². The maximum Gasteiger partial charge on any atom is 0.125 e. The Balaban J connectivity index is 1.93. The first-order chi connectivity index (χ1) is 9.44. The molecule has 0 aromatic carbocycles. The Kier molecular flexibility index (Phi) is 3.13. The molecular weight excluding hydrogens is 248 g/mol. The van der Waals surface area contributed by atoms with Gasteiger partial charge in [-0.15, -0.1) is 0 Å². The molecule has 0 saturated carbocycles. The molecule has 2 N–H and O–H groups in total. The quantitative estimate of drug-likeness (QED) is 0.912. The molecule has 1 aliphatic carbocycles. The Labute approximate surface area is 120 Å². The molecule has 1 aliphatic rings. The van der Waals surface area contributed by atoms with E-state index < -0.39 is 0 Å². The third kappa shape index (κ3) is 2.48. The number of hydrogen-bond acceptors (Lipinski definition) is 3. The number of fused-ring (bicyclic) bond motifs is 1. The normalized spacial score (nSPS) is 20.7. The van der Waals surface area contributed by atoms with E-state index in [1.165, 1.54) is 11.3 Å². The zero-order valence-electron chi connectivity index (χ0n) is 12.4. The fourth-order valence-electron chi connectivity index (χ4n) is 3.21. The van der Waals surface area contributed by atoms with Crippen molar-refractivity contribution in [2.24, 2.45) is 11.1 Å². The second kappa shape index (κ2) is 4.70. The van der Waals surface area contributed by atoms with Crippen LogP contribution in [0, 0.1) is 12.3 Å². The highest BCUT2D eigenvalue weighted by Crippen LogP contribution is 2.40. The van der Waals surface area contributed by atoms with E-state index in [4.69, 9.17) is 5.73 Å². The van der Waals surface area contributed by atoms with E-state index in [2.05, 4.69) is 40.6 Å². The lowest BCUT2D eigenvalue weighted by molar-refractivity contribution is 0.276. The molecule has 3 rings (SSSR count). The predicted molar refractivity (Wildman–Crippen MR) is 79.3 cm³/mol. The van der Waals surface area contributed by atoms with E-state index in [0.717, 1.165) is 30.9 Å². The van der Waals surface area contributed by atoms with Crippen LogP contribution in [0.15, 0.2) is 24.5 Å². The van der Waals surface area contributed by atoms with Crippen LogP contribution in [-0.4, -0.2) is 14.5 Å². The minimum Gasteiger partial charge on any atom is -0.345 e. The van der Waals surface area contributed by atoms with Gasteiger partial charge < -0.3 is 10.3 Å². The summed E-state index contributed by atoms with van der Waals surface area (Å²) in [7, 11) is 0. The first kappa shape index (κ1) is 13.3. The predicted octanol–water partition coefficient (Wildman–Crippen LogP) is 2.61. The highest BCUT2D eigenvalue weighted by Gasteiger charge is 2.32. The van der Waals surface area contributed by atoms with Gasteiger partial charge in [-0.1, -0.05) is 13.8 Å². The molecule has 0 saturated heterocycles. The monoisotopic (exact) mass is 270 g/mol. The molecule has 0 aliphatic heterocycles. The number of aryl methyl sites for hydroxylation is 1. The van der Waals surface area contributed by atoms with Crippen molar-refractivity contribution in [1.82, 2.24) is 14.5 Å². The van der Waals surface area contributed by atoms with Crippen molar-refractivity contribution in [3.05, 3.63) is 47.3 Å². The van der Waals surface area contributed by atoms with Gasteiger partial charge in [-0.25, -0.2) is 9.97 Å². The summed E-state index contributed by atoms with van der Waals surface area (Å²) in [6.07, 6.45) is 6.09. The summed E-state index contributed by atoms with van der Waals surface area (Å²) in [5.74, 6) is 0.820. The standard InChI is InChI=1S/C16H22N4/c1-11-18-6-4-12(19-11)10-20-7-5-13-14(17)8-16(2,3)9-15(13)20/h4-7,14H,8-10,17H2,1-3H3. The van der Waals surface area contributed by atoms with Crippen LogP contribution >= 0.6 is 0 Å². The van der Waals surface area contributed by atoms with E-state index in [1.54, 1.807) is 0 Å². The van der Waals surface area contributed by atoms with Crippen LogP contribution in [0.3, 0.4) is 0 Å². The van der Waals surface area contributed by atoms with Crippen LogP contribution in [-0.2, 0) is 13.0 Å². The molecule has 20 heavy (non-hydrogen) atoms. The minimum atomic E-state index is 0.155. The average Bonchev–Trinajstić information content (AvgIpc) is 2.71. The molecular formula is C16H22N4. The Bertz CT molecular complexity index is 627. The maximum atomic E-state index is 6.31. The van der Waals surface area contributed by atoms with Gasteiger partial charge in [-0.2, -0.15) is 0 Å². The van der Waals surface area contributed by atoms with Gasteiger partial charge in [0.2, 0.25) is 0 Å². The van der Waals surface area contributed by atoms with Gasteiger partial charge in [0.15, 0.2) is 0 Å². The summed E-state index contributed by atoms with van der Waals surface area (Å²) < 4.78 is 2.29. The first-order valence-corrected chi connectivity index (χ1v) is 7.17. The van der Waals surface area contributed by atoms with Crippen LogP contribution in [0.5, 0.6) is 0 Å². The summed E-state index contributed by atoms with van der Waals surface area (Å²) in [5.41, 5.74) is 10.3. The molecule has 1 unspecified atom stereocenters. The summed E-state index contributed by atoms with van der Waals surface area (Å²) in [6, 6.07) is 4.30. The van der Waals surface area contributed by atoms with E-state index in [-0.39, 0.29) is 11.5 Å². The topological polar surface area (TPSA) is 56.7 Å². The van der Waals surface area contributed by atoms with Crippen LogP contribution in [0.25, 0.3) is 0 Å². The van der Waals surface area contributed by atoms with E-state index in [9.17, 15) is 0 Å². The second-order valence-corrected chi connectivity index (χ2v) is 6.59. The lowest BCUT2D eigenvalue weighted by atomic mass is 9.74. The van der Waals surface area contributed by atoms with Crippen molar-refractivity contribution < 1.29 is 0 Å². The highest BCUT2D eigenvalue weighted by atomic mass is 15.0. The Hall–Kier alpha value is -1.68. The molecule has 2 aromatic heterocycles. The molecule has 0 spiro atoms. The lowest BCUT2D eigenvalue weighted by Crippen LogP contribution is -2.30. The van der Waals surface area contributed by atoms with Gasteiger partial charge in [0.1, 0.15) is 5.82 Å².